The standard InChI is InChI=1S/C19H29N3O2S/c1-4-6-13-22-18(15-20-19(22)25(23,24)5-2)16-21(3)14-12-17-10-8-7-9-11-17/h7-11,15H,4-6,12-14,16H2,1-3H3. The Morgan fingerprint density at radius 3 is 2.52 bits per heavy atom. The van der Waals surface area contributed by atoms with Gasteiger partial charge in [0.15, 0.2) is 0 Å². The molecule has 0 fully saturated rings. The van der Waals surface area contributed by atoms with Crippen LogP contribution in [0.4, 0.5) is 0 Å². The molecular weight excluding hydrogens is 334 g/mol. The van der Waals surface area contributed by atoms with E-state index < -0.39 is 9.84 Å². The van der Waals surface area contributed by atoms with Crippen molar-refractivity contribution in [2.75, 3.05) is 19.3 Å². The summed E-state index contributed by atoms with van der Waals surface area (Å²) in [5.41, 5.74) is 2.28. The number of benzene rings is 1. The van der Waals surface area contributed by atoms with Gasteiger partial charge in [0.1, 0.15) is 0 Å². The first-order valence-electron chi connectivity index (χ1n) is 8.97. The number of nitrogens with zero attached hydrogens (tertiary/aromatic N) is 3. The van der Waals surface area contributed by atoms with Gasteiger partial charge in [0.25, 0.3) is 0 Å². The van der Waals surface area contributed by atoms with Crippen LogP contribution >= 0.6 is 0 Å². The van der Waals surface area contributed by atoms with E-state index in [9.17, 15) is 8.42 Å². The van der Waals surface area contributed by atoms with Crippen LogP contribution in [0.15, 0.2) is 41.7 Å². The van der Waals surface area contributed by atoms with E-state index in [1.807, 2.05) is 10.6 Å². The third-order valence-electron chi connectivity index (χ3n) is 4.35. The Hall–Kier alpha value is -1.66. The van der Waals surface area contributed by atoms with Crippen molar-refractivity contribution in [2.24, 2.45) is 0 Å². The lowest BCUT2D eigenvalue weighted by molar-refractivity contribution is 0.318. The Kier molecular flexibility index (Phi) is 7.20. The zero-order chi connectivity index (χ0) is 18.3. The molecule has 0 spiro atoms. The van der Waals surface area contributed by atoms with Crippen LogP contribution in [0.1, 0.15) is 37.9 Å². The van der Waals surface area contributed by atoms with Gasteiger partial charge in [0, 0.05) is 19.6 Å². The normalized spacial score (nSPS) is 12.0. The van der Waals surface area contributed by atoms with Gasteiger partial charge < -0.3 is 9.47 Å². The van der Waals surface area contributed by atoms with Crippen molar-refractivity contribution in [3.05, 3.63) is 47.8 Å². The molecule has 0 aliphatic rings. The third-order valence-corrected chi connectivity index (χ3v) is 5.99. The second-order valence-electron chi connectivity index (χ2n) is 6.41. The third kappa shape index (κ3) is 5.41. The number of likely N-dealkylation sites (N-methyl/N-ethyl adjacent to an activating group) is 1. The molecule has 0 saturated heterocycles. The summed E-state index contributed by atoms with van der Waals surface area (Å²) in [6.45, 7) is 6.09. The molecule has 0 atom stereocenters. The molecule has 25 heavy (non-hydrogen) atoms. The molecule has 1 heterocycles. The molecule has 1 aromatic heterocycles. The van der Waals surface area contributed by atoms with Gasteiger partial charge in [-0.25, -0.2) is 13.4 Å². The van der Waals surface area contributed by atoms with Crippen molar-refractivity contribution in [3.63, 3.8) is 0 Å². The molecule has 0 aliphatic heterocycles. The summed E-state index contributed by atoms with van der Waals surface area (Å²) < 4.78 is 26.5. The van der Waals surface area contributed by atoms with Crippen molar-refractivity contribution >= 4 is 9.84 Å². The van der Waals surface area contributed by atoms with Gasteiger partial charge in [-0.3, -0.25) is 0 Å². The smallest absolute Gasteiger partial charge is 0.227 e. The molecule has 0 aliphatic carbocycles. The fourth-order valence-electron chi connectivity index (χ4n) is 2.77. The first kappa shape index (κ1) is 19.7. The molecule has 0 radical (unpaired) electrons. The topological polar surface area (TPSA) is 55.2 Å². The summed E-state index contributed by atoms with van der Waals surface area (Å²) >= 11 is 0. The van der Waals surface area contributed by atoms with E-state index in [2.05, 4.69) is 48.1 Å². The molecular formula is C19H29N3O2S. The Bertz CT molecular complexity index is 754. The lowest BCUT2D eigenvalue weighted by Gasteiger charge is -2.18. The van der Waals surface area contributed by atoms with Crippen LogP contribution in [0.5, 0.6) is 0 Å². The zero-order valence-electron chi connectivity index (χ0n) is 15.5. The maximum absolute atomic E-state index is 12.3. The Morgan fingerprint density at radius 2 is 1.88 bits per heavy atom. The van der Waals surface area contributed by atoms with E-state index >= 15 is 0 Å². The molecule has 138 valence electrons. The molecule has 5 nitrogen and oxygen atoms in total. The lowest BCUT2D eigenvalue weighted by Crippen LogP contribution is -2.23. The molecule has 1 aromatic carbocycles. The number of sulfone groups is 1. The maximum Gasteiger partial charge on any atom is 0.227 e. The highest BCUT2D eigenvalue weighted by Gasteiger charge is 2.21. The monoisotopic (exact) mass is 363 g/mol. The van der Waals surface area contributed by atoms with Gasteiger partial charge in [-0.1, -0.05) is 50.6 Å². The van der Waals surface area contributed by atoms with Gasteiger partial charge >= 0.3 is 0 Å². The summed E-state index contributed by atoms with van der Waals surface area (Å²) in [7, 11) is -1.23. The molecule has 6 heteroatoms. The Balaban J connectivity index is 2.09. The quantitative estimate of drug-likeness (QED) is 0.651. The van der Waals surface area contributed by atoms with Crippen LogP contribution in [0.2, 0.25) is 0 Å². The highest BCUT2D eigenvalue weighted by Crippen LogP contribution is 2.16. The highest BCUT2D eigenvalue weighted by atomic mass is 32.2. The summed E-state index contributed by atoms with van der Waals surface area (Å²) in [5, 5.41) is 0.218. The summed E-state index contributed by atoms with van der Waals surface area (Å²) in [5.74, 6) is 0.0828. The van der Waals surface area contributed by atoms with Gasteiger partial charge in [0.05, 0.1) is 17.6 Å². The van der Waals surface area contributed by atoms with Crippen LogP contribution in [0.3, 0.4) is 0 Å². The van der Waals surface area contributed by atoms with Gasteiger partial charge in [-0.2, -0.15) is 0 Å². The fraction of sp³-hybridized carbons (Fsp3) is 0.526. The first-order valence-corrected chi connectivity index (χ1v) is 10.6. The average molecular weight is 364 g/mol. The van der Waals surface area contributed by atoms with Crippen LogP contribution in [-0.2, 0) is 29.3 Å². The average Bonchev–Trinajstić information content (AvgIpc) is 3.02. The van der Waals surface area contributed by atoms with Crippen molar-refractivity contribution in [3.8, 4) is 0 Å². The minimum Gasteiger partial charge on any atom is -0.318 e. The second kappa shape index (κ2) is 9.15. The molecule has 0 N–H and O–H groups in total. The van der Waals surface area contributed by atoms with E-state index in [1.165, 1.54) is 5.56 Å². The van der Waals surface area contributed by atoms with E-state index in [4.69, 9.17) is 0 Å². The molecule has 0 amide bonds. The summed E-state index contributed by atoms with van der Waals surface area (Å²) in [6, 6.07) is 10.4. The Morgan fingerprint density at radius 1 is 1.16 bits per heavy atom. The number of hydrogen-bond acceptors (Lipinski definition) is 4. The largest absolute Gasteiger partial charge is 0.318 e. The maximum atomic E-state index is 12.3. The van der Waals surface area contributed by atoms with Crippen molar-refractivity contribution in [1.82, 2.24) is 14.5 Å². The van der Waals surface area contributed by atoms with Crippen LogP contribution in [0, 0.1) is 0 Å². The van der Waals surface area contributed by atoms with Crippen LogP contribution in [0.25, 0.3) is 0 Å². The van der Waals surface area contributed by atoms with Gasteiger partial charge in [-0.15, -0.1) is 0 Å². The summed E-state index contributed by atoms with van der Waals surface area (Å²) in [4.78, 5) is 6.45. The number of rotatable bonds is 10. The van der Waals surface area contributed by atoms with E-state index in [1.54, 1.807) is 13.1 Å². The lowest BCUT2D eigenvalue weighted by atomic mass is 10.1. The minimum atomic E-state index is -3.30. The van der Waals surface area contributed by atoms with Crippen LogP contribution in [-0.4, -0.2) is 42.2 Å². The number of aromatic nitrogens is 2. The molecule has 0 saturated carbocycles. The first-order chi connectivity index (χ1) is 12.0. The SMILES string of the molecule is CCCCn1c(CN(C)CCc2ccccc2)cnc1S(=O)(=O)CC. The second-order valence-corrected chi connectivity index (χ2v) is 8.59. The number of hydrogen-bond donors (Lipinski definition) is 0. The summed E-state index contributed by atoms with van der Waals surface area (Å²) in [6.07, 6.45) is 4.66. The zero-order valence-corrected chi connectivity index (χ0v) is 16.3. The number of unbranched alkanes of at least 4 members (excludes halogenated alkanes) is 1. The predicted octanol–water partition coefficient (Wildman–Crippen LogP) is 3.15. The number of imidazole rings is 1. The van der Waals surface area contributed by atoms with E-state index in [-0.39, 0.29) is 10.9 Å². The molecule has 2 rings (SSSR count). The van der Waals surface area contributed by atoms with Crippen LogP contribution < -0.4 is 0 Å². The minimum absolute atomic E-state index is 0.0828. The molecule has 0 bridgehead atoms. The van der Waals surface area contributed by atoms with E-state index in [0.29, 0.717) is 13.1 Å². The fourth-order valence-corrected chi connectivity index (χ4v) is 3.79. The van der Waals surface area contributed by atoms with Gasteiger partial charge in [-0.05, 0) is 25.5 Å². The highest BCUT2D eigenvalue weighted by molar-refractivity contribution is 7.91. The molecule has 2 aromatic rings. The predicted molar refractivity (Wildman–Crippen MR) is 101 cm³/mol. The molecule has 0 unspecified atom stereocenters. The van der Waals surface area contributed by atoms with Gasteiger partial charge in [0.2, 0.25) is 15.0 Å². The van der Waals surface area contributed by atoms with Crippen molar-refractivity contribution < 1.29 is 8.42 Å². The van der Waals surface area contributed by atoms with Crippen molar-refractivity contribution in [1.29, 1.82) is 0 Å². The Labute approximate surface area is 151 Å². The van der Waals surface area contributed by atoms with E-state index in [0.717, 1.165) is 31.5 Å². The van der Waals surface area contributed by atoms with Crippen molar-refractivity contribution in [2.45, 2.75) is 51.4 Å².